The Morgan fingerprint density at radius 3 is 2.17 bits per heavy atom. The van der Waals surface area contributed by atoms with Gasteiger partial charge in [0.25, 0.3) is 0 Å². The maximum atomic E-state index is 11.4. The normalized spacial score (nSPS) is 11.9. The molecule has 100 valence electrons. The fraction of sp³-hybridized carbons (Fsp3) is 0.462. The molecule has 0 saturated carbocycles. The van der Waals surface area contributed by atoms with Gasteiger partial charge in [0.1, 0.15) is 0 Å². The van der Waals surface area contributed by atoms with E-state index in [1.807, 2.05) is 13.8 Å². The fourth-order valence-corrected chi connectivity index (χ4v) is 1.79. The molecule has 1 N–H and O–H groups in total. The largest absolute Gasteiger partial charge is 0.493 e. The van der Waals surface area contributed by atoms with Crippen molar-refractivity contribution in [1.29, 1.82) is 0 Å². The first-order valence-corrected chi connectivity index (χ1v) is 5.45. The highest BCUT2D eigenvalue weighted by atomic mass is 16.5. The number of hydrogen-bond acceptors (Lipinski definition) is 5. The van der Waals surface area contributed by atoms with E-state index in [1.54, 1.807) is 6.07 Å². The Labute approximate surface area is 106 Å². The van der Waals surface area contributed by atoms with Crippen molar-refractivity contribution in [3.8, 4) is 11.5 Å². The lowest BCUT2D eigenvalue weighted by Gasteiger charge is -2.19. The number of methoxy groups -OCH3 is 3. The van der Waals surface area contributed by atoms with Crippen molar-refractivity contribution in [2.45, 2.75) is 20.0 Å². The molecule has 0 aliphatic carbocycles. The molecule has 5 heteroatoms. The highest BCUT2D eigenvalue weighted by Crippen LogP contribution is 2.39. The average Bonchev–Trinajstić information content (AvgIpc) is 2.39. The zero-order valence-electron chi connectivity index (χ0n) is 11.2. The summed E-state index contributed by atoms with van der Waals surface area (Å²) in [5, 5.41) is 9.93. The van der Waals surface area contributed by atoms with Crippen LogP contribution in [0.2, 0.25) is 0 Å². The van der Waals surface area contributed by atoms with Crippen molar-refractivity contribution < 1.29 is 24.1 Å². The molecule has 18 heavy (non-hydrogen) atoms. The molecule has 0 spiro atoms. The van der Waals surface area contributed by atoms with Crippen molar-refractivity contribution in [1.82, 2.24) is 0 Å². The second-order valence-electron chi connectivity index (χ2n) is 3.90. The van der Waals surface area contributed by atoms with Crippen LogP contribution in [-0.4, -0.2) is 32.4 Å². The van der Waals surface area contributed by atoms with Gasteiger partial charge in [-0.1, -0.05) is 0 Å². The number of hydrogen-bond donors (Lipinski definition) is 1. The number of carbonyl (C=O) groups is 1. The van der Waals surface area contributed by atoms with E-state index in [0.717, 1.165) is 11.1 Å². The minimum Gasteiger partial charge on any atom is -0.493 e. The van der Waals surface area contributed by atoms with Crippen LogP contribution >= 0.6 is 0 Å². The van der Waals surface area contributed by atoms with Gasteiger partial charge in [0, 0.05) is 5.56 Å². The number of carbonyl (C=O) groups excluding carboxylic acids is 1. The number of aryl methyl sites for hydroxylation is 1. The van der Waals surface area contributed by atoms with Gasteiger partial charge in [-0.3, -0.25) is 0 Å². The number of rotatable bonds is 4. The van der Waals surface area contributed by atoms with Crippen LogP contribution in [0.4, 0.5) is 0 Å². The van der Waals surface area contributed by atoms with Gasteiger partial charge in [-0.05, 0) is 31.0 Å². The summed E-state index contributed by atoms with van der Waals surface area (Å²) in [6.07, 6.45) is -1.39. The zero-order valence-corrected chi connectivity index (χ0v) is 11.2. The van der Waals surface area contributed by atoms with Gasteiger partial charge in [-0.25, -0.2) is 4.79 Å². The summed E-state index contributed by atoms with van der Waals surface area (Å²) >= 11 is 0. The predicted octanol–water partition coefficient (Wildman–Crippen LogP) is 1.53. The number of aliphatic hydroxyl groups is 1. The summed E-state index contributed by atoms with van der Waals surface area (Å²) in [5.41, 5.74) is 2.13. The Morgan fingerprint density at radius 2 is 1.72 bits per heavy atom. The molecule has 0 heterocycles. The first kappa shape index (κ1) is 14.3. The van der Waals surface area contributed by atoms with E-state index >= 15 is 0 Å². The zero-order chi connectivity index (χ0) is 13.9. The molecule has 0 saturated heterocycles. The minimum absolute atomic E-state index is 0.337. The van der Waals surface area contributed by atoms with Crippen LogP contribution in [0.5, 0.6) is 11.5 Å². The van der Waals surface area contributed by atoms with E-state index in [4.69, 9.17) is 9.47 Å². The van der Waals surface area contributed by atoms with Crippen LogP contribution in [0.1, 0.15) is 22.8 Å². The number of esters is 1. The summed E-state index contributed by atoms with van der Waals surface area (Å²) in [4.78, 5) is 11.4. The van der Waals surface area contributed by atoms with Crippen LogP contribution in [0.15, 0.2) is 6.07 Å². The lowest BCUT2D eigenvalue weighted by Crippen LogP contribution is -2.15. The lowest BCUT2D eigenvalue weighted by atomic mass is 10.00. The summed E-state index contributed by atoms with van der Waals surface area (Å²) in [6, 6.07) is 1.69. The number of ether oxygens (including phenoxy) is 3. The highest BCUT2D eigenvalue weighted by molar-refractivity contribution is 5.78. The van der Waals surface area contributed by atoms with E-state index in [-0.39, 0.29) is 0 Å². The molecule has 1 rings (SSSR count). The van der Waals surface area contributed by atoms with Crippen LogP contribution in [0, 0.1) is 13.8 Å². The maximum Gasteiger partial charge on any atom is 0.339 e. The third kappa shape index (κ3) is 2.41. The van der Waals surface area contributed by atoms with Gasteiger partial charge >= 0.3 is 5.97 Å². The monoisotopic (exact) mass is 254 g/mol. The molecule has 5 nitrogen and oxygen atoms in total. The summed E-state index contributed by atoms with van der Waals surface area (Å²) in [7, 11) is 4.19. The van der Waals surface area contributed by atoms with Gasteiger partial charge in [-0.15, -0.1) is 0 Å². The number of benzene rings is 1. The SMILES string of the molecule is COC(=O)C(O)c1cc(C)c(C)c(OC)c1OC. The van der Waals surface area contributed by atoms with E-state index in [0.29, 0.717) is 17.1 Å². The first-order valence-electron chi connectivity index (χ1n) is 5.45. The quantitative estimate of drug-likeness (QED) is 0.825. The van der Waals surface area contributed by atoms with E-state index in [2.05, 4.69) is 4.74 Å². The predicted molar refractivity (Wildman–Crippen MR) is 66.0 cm³/mol. The minimum atomic E-state index is -1.39. The van der Waals surface area contributed by atoms with E-state index in [1.165, 1.54) is 21.3 Å². The summed E-state index contributed by atoms with van der Waals surface area (Å²) in [5.74, 6) is 0.118. The van der Waals surface area contributed by atoms with Gasteiger partial charge in [0.2, 0.25) is 0 Å². The van der Waals surface area contributed by atoms with Gasteiger partial charge < -0.3 is 19.3 Å². The third-order valence-corrected chi connectivity index (χ3v) is 2.90. The molecule has 0 fully saturated rings. The summed E-state index contributed by atoms with van der Waals surface area (Å²) < 4.78 is 15.0. The Bertz CT molecular complexity index is 453. The molecule has 0 bridgehead atoms. The standard InChI is InChI=1S/C13H18O5/c1-7-6-9(10(14)13(15)18-5)12(17-4)11(16-3)8(7)2/h6,10,14H,1-5H3. The van der Waals surface area contributed by atoms with Crippen LogP contribution < -0.4 is 9.47 Å². The first-order chi connectivity index (χ1) is 8.47. The van der Waals surface area contributed by atoms with Crippen LogP contribution in [-0.2, 0) is 9.53 Å². The van der Waals surface area contributed by atoms with Crippen LogP contribution in [0.25, 0.3) is 0 Å². The molecular formula is C13H18O5. The molecule has 1 atom stereocenters. The van der Waals surface area contributed by atoms with Crippen LogP contribution in [0.3, 0.4) is 0 Å². The van der Waals surface area contributed by atoms with Crippen molar-refractivity contribution in [2.75, 3.05) is 21.3 Å². The van der Waals surface area contributed by atoms with Gasteiger partial charge in [0.15, 0.2) is 17.6 Å². The van der Waals surface area contributed by atoms with Gasteiger partial charge in [-0.2, -0.15) is 0 Å². The smallest absolute Gasteiger partial charge is 0.339 e. The molecule has 0 aliphatic rings. The second kappa shape index (κ2) is 5.73. The average molecular weight is 254 g/mol. The Balaban J connectivity index is 3.44. The van der Waals surface area contributed by atoms with Crippen molar-refractivity contribution in [2.24, 2.45) is 0 Å². The molecule has 1 aromatic carbocycles. The molecular weight excluding hydrogens is 236 g/mol. The number of aliphatic hydroxyl groups excluding tert-OH is 1. The van der Waals surface area contributed by atoms with Gasteiger partial charge in [0.05, 0.1) is 21.3 Å². The highest BCUT2D eigenvalue weighted by Gasteiger charge is 2.26. The van der Waals surface area contributed by atoms with E-state index in [9.17, 15) is 9.90 Å². The Hall–Kier alpha value is -1.75. The molecule has 0 aliphatic heterocycles. The summed E-state index contributed by atoms with van der Waals surface area (Å²) in [6.45, 7) is 3.75. The maximum absolute atomic E-state index is 11.4. The van der Waals surface area contributed by atoms with Crippen molar-refractivity contribution in [3.05, 3.63) is 22.8 Å². The van der Waals surface area contributed by atoms with Crippen molar-refractivity contribution in [3.63, 3.8) is 0 Å². The van der Waals surface area contributed by atoms with Crippen molar-refractivity contribution >= 4 is 5.97 Å². The second-order valence-corrected chi connectivity index (χ2v) is 3.90. The molecule has 1 unspecified atom stereocenters. The molecule has 0 aromatic heterocycles. The third-order valence-electron chi connectivity index (χ3n) is 2.90. The van der Waals surface area contributed by atoms with E-state index < -0.39 is 12.1 Å². The topological polar surface area (TPSA) is 65.0 Å². The fourth-order valence-electron chi connectivity index (χ4n) is 1.79. The Kier molecular flexibility index (Phi) is 4.55. The lowest BCUT2D eigenvalue weighted by molar-refractivity contribution is -0.150. The Morgan fingerprint density at radius 1 is 1.17 bits per heavy atom. The molecule has 0 amide bonds. The molecule has 0 radical (unpaired) electrons. The molecule has 1 aromatic rings.